The van der Waals surface area contributed by atoms with E-state index in [1.54, 1.807) is 19.1 Å². The van der Waals surface area contributed by atoms with Gasteiger partial charge in [0.1, 0.15) is 6.04 Å². The lowest BCUT2D eigenvalue weighted by atomic mass is 10.2. The number of methoxy groups -OCH3 is 1. The lowest BCUT2D eigenvalue weighted by Crippen LogP contribution is -2.42. The number of nitrogens with one attached hydrogen (secondary N) is 1. The summed E-state index contributed by atoms with van der Waals surface area (Å²) in [4.78, 5) is 22.8. The van der Waals surface area contributed by atoms with Crippen molar-refractivity contribution >= 4 is 11.9 Å². The Kier molecular flexibility index (Phi) is 7.14. The van der Waals surface area contributed by atoms with E-state index < -0.39 is 17.9 Å². The van der Waals surface area contributed by atoms with Crippen molar-refractivity contribution in [1.82, 2.24) is 5.32 Å². The fraction of sp³-hybridized carbons (Fsp3) is 0.312. The van der Waals surface area contributed by atoms with E-state index in [1.807, 2.05) is 6.07 Å². The van der Waals surface area contributed by atoms with Crippen LogP contribution in [0.25, 0.3) is 0 Å². The highest BCUT2D eigenvalue weighted by Gasteiger charge is 2.19. The van der Waals surface area contributed by atoms with Crippen LogP contribution in [0.15, 0.2) is 30.4 Å². The van der Waals surface area contributed by atoms with Crippen LogP contribution in [-0.2, 0) is 9.59 Å². The predicted molar refractivity (Wildman–Crippen MR) is 82.2 cm³/mol. The number of ether oxygens (including phenoxy) is 2. The molecule has 7 nitrogen and oxygen atoms in total. The molecule has 0 aliphatic heterocycles. The maximum Gasteiger partial charge on any atom is 0.326 e. The Morgan fingerprint density at radius 2 is 2.17 bits per heavy atom. The molecule has 1 atom stereocenters. The van der Waals surface area contributed by atoms with Gasteiger partial charge in [0.25, 0.3) is 5.91 Å². The van der Waals surface area contributed by atoms with Gasteiger partial charge in [0.05, 0.1) is 18.7 Å². The van der Waals surface area contributed by atoms with Crippen molar-refractivity contribution in [3.05, 3.63) is 35.9 Å². The molecule has 0 radical (unpaired) electrons. The summed E-state index contributed by atoms with van der Waals surface area (Å²) in [5.41, 5.74) is 0.399. The van der Waals surface area contributed by atoms with Gasteiger partial charge < -0.3 is 19.9 Å². The van der Waals surface area contributed by atoms with E-state index in [0.717, 1.165) is 0 Å². The molecule has 1 unspecified atom stereocenters. The molecule has 0 heterocycles. The summed E-state index contributed by atoms with van der Waals surface area (Å²) in [5.74, 6) is -1.07. The van der Waals surface area contributed by atoms with Gasteiger partial charge in [-0.05, 0) is 25.5 Å². The van der Waals surface area contributed by atoms with Crippen LogP contribution in [-0.4, -0.2) is 36.7 Å². The number of carboxylic acid groups (broad SMARTS) is 1. The van der Waals surface area contributed by atoms with Gasteiger partial charge in [-0.25, -0.2) is 4.79 Å². The summed E-state index contributed by atoms with van der Waals surface area (Å²) < 4.78 is 10.4. The van der Waals surface area contributed by atoms with Crippen molar-refractivity contribution in [2.24, 2.45) is 0 Å². The maximum absolute atomic E-state index is 11.8. The van der Waals surface area contributed by atoms with Gasteiger partial charge in [-0.3, -0.25) is 4.79 Å². The van der Waals surface area contributed by atoms with Crippen LogP contribution in [0.3, 0.4) is 0 Å². The Labute approximate surface area is 134 Å². The second kappa shape index (κ2) is 9.10. The summed E-state index contributed by atoms with van der Waals surface area (Å²) >= 11 is 0. The number of amides is 1. The fourth-order valence-corrected chi connectivity index (χ4v) is 1.73. The molecule has 0 saturated heterocycles. The first-order valence-corrected chi connectivity index (χ1v) is 6.86. The number of nitrogens with zero attached hydrogens (tertiary/aromatic N) is 1. The van der Waals surface area contributed by atoms with Gasteiger partial charge in [-0.2, -0.15) is 5.26 Å². The van der Waals surface area contributed by atoms with E-state index in [9.17, 15) is 9.59 Å². The van der Waals surface area contributed by atoms with Gasteiger partial charge in [0.2, 0.25) is 0 Å². The first-order chi connectivity index (χ1) is 11.0. The minimum absolute atomic E-state index is 0.192. The van der Waals surface area contributed by atoms with E-state index in [-0.39, 0.29) is 13.0 Å². The van der Waals surface area contributed by atoms with Gasteiger partial charge in [0, 0.05) is 6.07 Å². The monoisotopic (exact) mass is 318 g/mol. The molecule has 1 rings (SSSR count). The van der Waals surface area contributed by atoms with Crippen LogP contribution in [0, 0.1) is 11.3 Å². The topological polar surface area (TPSA) is 109 Å². The van der Waals surface area contributed by atoms with Gasteiger partial charge in [-0.1, -0.05) is 12.2 Å². The zero-order valence-electron chi connectivity index (χ0n) is 12.9. The van der Waals surface area contributed by atoms with Crippen molar-refractivity contribution in [3.63, 3.8) is 0 Å². The van der Waals surface area contributed by atoms with Crippen molar-refractivity contribution in [2.75, 3.05) is 13.7 Å². The highest BCUT2D eigenvalue weighted by molar-refractivity contribution is 5.84. The Morgan fingerprint density at radius 1 is 1.43 bits per heavy atom. The highest BCUT2D eigenvalue weighted by atomic mass is 16.5. The van der Waals surface area contributed by atoms with E-state index in [2.05, 4.69) is 5.32 Å². The molecule has 0 aromatic heterocycles. The number of allylic oxidation sites excluding steroid dienone is 1. The van der Waals surface area contributed by atoms with Crippen LogP contribution in [0.4, 0.5) is 0 Å². The minimum atomic E-state index is -1.12. The van der Waals surface area contributed by atoms with Crippen LogP contribution in [0.5, 0.6) is 11.5 Å². The van der Waals surface area contributed by atoms with Crippen LogP contribution < -0.4 is 14.8 Å². The number of hydrogen-bond donors (Lipinski definition) is 2. The Hall–Kier alpha value is -3.01. The Balaban J connectivity index is 2.65. The lowest BCUT2D eigenvalue weighted by Gasteiger charge is -2.14. The molecule has 0 spiro atoms. The van der Waals surface area contributed by atoms with Gasteiger partial charge in [0.15, 0.2) is 18.1 Å². The molecule has 2 N–H and O–H groups in total. The third-order valence-corrected chi connectivity index (χ3v) is 2.89. The molecule has 23 heavy (non-hydrogen) atoms. The molecule has 7 heteroatoms. The summed E-state index contributed by atoms with van der Waals surface area (Å²) in [6.45, 7) is 1.41. The molecule has 122 valence electrons. The van der Waals surface area contributed by atoms with E-state index in [1.165, 1.54) is 25.3 Å². The smallest absolute Gasteiger partial charge is 0.326 e. The molecular formula is C16H18N2O5. The van der Waals surface area contributed by atoms with Crippen LogP contribution in [0.2, 0.25) is 0 Å². The molecule has 0 saturated carbocycles. The summed E-state index contributed by atoms with van der Waals surface area (Å²) in [6, 6.07) is 5.48. The number of carbonyl (C=O) groups is 2. The summed E-state index contributed by atoms with van der Waals surface area (Å²) in [5, 5.41) is 20.2. The van der Waals surface area contributed by atoms with E-state index in [0.29, 0.717) is 17.1 Å². The largest absolute Gasteiger partial charge is 0.493 e. The maximum atomic E-state index is 11.8. The molecule has 0 aliphatic rings. The van der Waals surface area contributed by atoms with Gasteiger partial charge in [-0.15, -0.1) is 0 Å². The number of carbonyl (C=O) groups excluding carboxylic acids is 1. The zero-order valence-corrected chi connectivity index (χ0v) is 12.9. The molecule has 0 aliphatic carbocycles. The first-order valence-electron chi connectivity index (χ1n) is 6.86. The number of hydrogen-bond acceptors (Lipinski definition) is 5. The van der Waals surface area contributed by atoms with Crippen LogP contribution in [0.1, 0.15) is 18.9 Å². The molecule has 1 amide bonds. The number of rotatable bonds is 8. The van der Waals surface area contributed by atoms with Crippen molar-refractivity contribution in [3.8, 4) is 17.6 Å². The average Bonchev–Trinajstić information content (AvgIpc) is 2.56. The summed E-state index contributed by atoms with van der Waals surface area (Å²) in [6.07, 6.45) is 3.56. The Morgan fingerprint density at radius 3 is 2.74 bits per heavy atom. The molecule has 1 aromatic carbocycles. The zero-order chi connectivity index (χ0) is 17.2. The van der Waals surface area contributed by atoms with E-state index >= 15 is 0 Å². The molecule has 1 aromatic rings. The number of nitriles is 1. The minimum Gasteiger partial charge on any atom is -0.493 e. The first kappa shape index (κ1) is 18.0. The molecule has 0 fully saturated rings. The molecular weight excluding hydrogens is 300 g/mol. The Bertz CT molecular complexity index is 634. The van der Waals surface area contributed by atoms with Gasteiger partial charge >= 0.3 is 5.97 Å². The molecule has 0 bridgehead atoms. The highest BCUT2D eigenvalue weighted by Crippen LogP contribution is 2.27. The van der Waals surface area contributed by atoms with Crippen molar-refractivity contribution in [2.45, 2.75) is 19.4 Å². The second-order valence-corrected chi connectivity index (χ2v) is 4.53. The van der Waals surface area contributed by atoms with Crippen molar-refractivity contribution < 1.29 is 24.2 Å². The summed E-state index contributed by atoms with van der Waals surface area (Å²) in [7, 11) is 1.42. The SMILES string of the molecule is C/C=C/CC(NC(=O)COc1ccc(C#N)cc1OC)C(=O)O. The second-order valence-electron chi connectivity index (χ2n) is 4.53. The normalized spacial score (nSPS) is 11.5. The predicted octanol–water partition coefficient (Wildman–Crippen LogP) is 1.48. The van der Waals surface area contributed by atoms with E-state index in [4.69, 9.17) is 19.8 Å². The number of aliphatic carboxylic acids is 1. The van der Waals surface area contributed by atoms with Crippen molar-refractivity contribution in [1.29, 1.82) is 5.26 Å². The number of benzene rings is 1. The number of carboxylic acids is 1. The fourth-order valence-electron chi connectivity index (χ4n) is 1.73. The third-order valence-electron chi connectivity index (χ3n) is 2.89. The average molecular weight is 318 g/mol. The quantitative estimate of drug-likeness (QED) is 0.703. The standard InChI is InChI=1S/C16H18N2O5/c1-3-4-5-12(16(20)21)18-15(19)10-23-13-7-6-11(9-17)8-14(13)22-2/h3-4,6-8,12H,5,10H2,1-2H3,(H,18,19)(H,20,21)/b4-3+. The third kappa shape index (κ3) is 5.71. The lowest BCUT2D eigenvalue weighted by molar-refractivity contribution is -0.142. The van der Waals surface area contributed by atoms with Crippen LogP contribution >= 0.6 is 0 Å².